The van der Waals surface area contributed by atoms with Crippen LogP contribution >= 0.6 is 0 Å². The maximum Gasteiger partial charge on any atom is 0.417 e. The van der Waals surface area contributed by atoms with Crippen LogP contribution in [0.1, 0.15) is 84.8 Å². The number of hydrogen-bond donors (Lipinski definition) is 2. The maximum atomic E-state index is 13.1. The Bertz CT molecular complexity index is 2430. The molecule has 4 amide bonds. The second kappa shape index (κ2) is 15.8. The van der Waals surface area contributed by atoms with E-state index in [-0.39, 0.29) is 30.9 Å². The van der Waals surface area contributed by atoms with E-state index in [0.717, 1.165) is 21.2 Å². The number of anilines is 2. The zero-order chi connectivity index (χ0) is 43.1. The summed E-state index contributed by atoms with van der Waals surface area (Å²) < 4.78 is 14.5. The van der Waals surface area contributed by atoms with Crippen LogP contribution in [0.3, 0.4) is 0 Å². The van der Waals surface area contributed by atoms with Gasteiger partial charge in [-0.2, -0.15) is 0 Å². The number of carbonyl (C=O) groups is 4. The van der Waals surface area contributed by atoms with Crippen molar-refractivity contribution < 1.29 is 28.7 Å². The summed E-state index contributed by atoms with van der Waals surface area (Å²) in [6, 6.07) is 3.42. The molecule has 4 aromatic heterocycles. The molecule has 2 aliphatic rings. The number of nitrogen functional groups attached to an aromatic ring is 2. The Morgan fingerprint density at radius 3 is 1.52 bits per heavy atom. The molecule has 4 N–H and O–H groups in total. The van der Waals surface area contributed by atoms with E-state index >= 15 is 0 Å². The molecule has 0 atom stereocenters. The molecule has 2 aliphatic heterocycles. The highest BCUT2D eigenvalue weighted by molar-refractivity contribution is 6.83. The molecule has 304 valence electrons. The number of hydrogen-bond acceptors (Lipinski definition) is 12. The van der Waals surface area contributed by atoms with Crippen LogP contribution < -0.4 is 11.5 Å². The normalized spacial score (nSPS) is 14.0. The average Bonchev–Trinajstić information content (AvgIpc) is 3.63. The zero-order valence-corrected chi connectivity index (χ0v) is 35.9. The van der Waals surface area contributed by atoms with Gasteiger partial charge in [-0.25, -0.2) is 39.3 Å². The number of nitrogens with zero attached hydrogens (tertiary/aromatic N) is 8. The van der Waals surface area contributed by atoms with Crippen molar-refractivity contribution in [2.45, 2.75) is 85.2 Å². The number of aromatic nitrogens is 6. The molecule has 0 bridgehead atoms. The monoisotopic (exact) mass is 806 g/mol. The van der Waals surface area contributed by atoms with Gasteiger partial charge in [0, 0.05) is 63.8 Å². The van der Waals surface area contributed by atoms with Crippen molar-refractivity contribution in [1.29, 1.82) is 0 Å². The Morgan fingerprint density at radius 2 is 1.14 bits per heavy atom. The first-order valence-corrected chi connectivity index (χ1v) is 22.1. The molecule has 6 heterocycles. The zero-order valence-electron chi connectivity index (χ0n) is 34.9. The third-order valence-electron chi connectivity index (χ3n) is 8.87. The molecule has 0 saturated carbocycles. The first-order chi connectivity index (χ1) is 26.9. The van der Waals surface area contributed by atoms with E-state index < -0.39 is 37.4 Å². The Morgan fingerprint density at radius 1 is 0.741 bits per heavy atom. The molecule has 58 heavy (non-hydrogen) atoms. The van der Waals surface area contributed by atoms with Crippen molar-refractivity contribution in [2.24, 2.45) is 14.1 Å². The fourth-order valence-corrected chi connectivity index (χ4v) is 6.77. The van der Waals surface area contributed by atoms with Gasteiger partial charge in [-0.05, 0) is 53.7 Å². The first kappa shape index (κ1) is 42.7. The van der Waals surface area contributed by atoms with E-state index in [9.17, 15) is 19.2 Å². The van der Waals surface area contributed by atoms with Gasteiger partial charge in [-0.1, -0.05) is 31.5 Å². The van der Waals surface area contributed by atoms with Crippen LogP contribution in [0.4, 0.5) is 21.5 Å². The van der Waals surface area contributed by atoms with Gasteiger partial charge in [-0.3, -0.25) is 9.59 Å². The number of fused-ring (bicyclic) bond motifs is 2. The molecule has 4 aromatic rings. The van der Waals surface area contributed by atoms with Crippen molar-refractivity contribution in [3.8, 4) is 46.6 Å². The minimum absolute atomic E-state index is 0.0879. The standard InChI is InChI=1S/C22H29N5O3Si.C19H21N5O3/c1-22(2,3)30-21(29)27-10-8-16-15(19(27)28)12-17(26(16)4)18-14(9-11-31(5,6)7)13-24-20(23)25-18;1-6-11-10-21-17(20)22-15(11)14-9-12-13(23(14)5)7-8-24(16(12)25)18(26)27-19(2,3)4/h12-13H,8,10H2,1-7H3,(H2,23,24,25);1,9-10H,7-8H2,2-5H3,(H2,20,21,22). The summed E-state index contributed by atoms with van der Waals surface area (Å²) in [5.74, 6) is 5.16. The number of terminal acetylenes is 1. The van der Waals surface area contributed by atoms with E-state index in [1.54, 1.807) is 59.9 Å². The minimum atomic E-state index is -1.62. The number of amides is 4. The van der Waals surface area contributed by atoms with Gasteiger partial charge in [-0.15, -0.1) is 12.0 Å². The average molecular weight is 807 g/mol. The Balaban J connectivity index is 0.000000223. The maximum absolute atomic E-state index is 13.1. The number of ether oxygens (including phenoxy) is 2. The summed E-state index contributed by atoms with van der Waals surface area (Å²) in [7, 11) is 2.08. The van der Waals surface area contributed by atoms with Crippen molar-refractivity contribution in [3.05, 3.63) is 58.2 Å². The summed E-state index contributed by atoms with van der Waals surface area (Å²) in [6.07, 6.45) is 8.36. The molecule has 16 nitrogen and oxygen atoms in total. The van der Waals surface area contributed by atoms with Crippen LogP contribution in [0, 0.1) is 23.8 Å². The molecular formula is C41H50N10O6Si. The molecule has 0 radical (unpaired) electrons. The topological polar surface area (TPSA) is 207 Å². The van der Waals surface area contributed by atoms with Gasteiger partial charge >= 0.3 is 12.2 Å². The van der Waals surface area contributed by atoms with Crippen LogP contribution in [0.25, 0.3) is 22.8 Å². The largest absolute Gasteiger partial charge is 0.443 e. The highest BCUT2D eigenvalue weighted by Gasteiger charge is 2.37. The Labute approximate surface area is 339 Å². The molecule has 0 unspecified atom stereocenters. The van der Waals surface area contributed by atoms with Gasteiger partial charge in [0.05, 0.1) is 33.6 Å². The number of imide groups is 2. The Hall–Kier alpha value is -6.46. The molecule has 0 aromatic carbocycles. The second-order valence-electron chi connectivity index (χ2n) is 16.9. The highest BCUT2D eigenvalue weighted by atomic mass is 28.3. The molecule has 0 spiro atoms. The SMILES string of the molecule is C#Cc1cnc(N)nc1-c1cc2c(n1C)CCN(C(=O)OC(C)(C)C)C2=O.Cn1c(-c2nc(N)ncc2C#C[Si](C)(C)C)cc2c1CCN(C(=O)OC(C)(C)C)C2=O. The Kier molecular flexibility index (Phi) is 11.6. The highest BCUT2D eigenvalue weighted by Crippen LogP contribution is 2.32. The van der Waals surface area contributed by atoms with Gasteiger partial charge in [0.25, 0.3) is 11.8 Å². The third-order valence-corrected chi connectivity index (χ3v) is 9.74. The predicted octanol–water partition coefficient (Wildman–Crippen LogP) is 5.21. The summed E-state index contributed by atoms with van der Waals surface area (Å²) >= 11 is 0. The molecule has 17 heteroatoms. The van der Waals surface area contributed by atoms with Crippen LogP contribution in [0.2, 0.25) is 19.6 Å². The van der Waals surface area contributed by atoms with Crippen LogP contribution in [0.15, 0.2) is 24.5 Å². The molecule has 0 saturated heterocycles. The van der Waals surface area contributed by atoms with Gasteiger partial charge < -0.3 is 30.1 Å². The van der Waals surface area contributed by atoms with Gasteiger partial charge in [0.15, 0.2) is 0 Å². The predicted molar refractivity (Wildman–Crippen MR) is 222 cm³/mol. The lowest BCUT2D eigenvalue weighted by atomic mass is 10.1. The van der Waals surface area contributed by atoms with E-state index in [1.807, 2.05) is 23.2 Å². The van der Waals surface area contributed by atoms with Gasteiger partial charge in [0.1, 0.15) is 30.7 Å². The van der Waals surface area contributed by atoms with Gasteiger partial charge in [0.2, 0.25) is 11.9 Å². The third kappa shape index (κ3) is 9.38. The van der Waals surface area contributed by atoms with Crippen molar-refractivity contribution in [3.63, 3.8) is 0 Å². The lowest BCUT2D eigenvalue weighted by Crippen LogP contribution is -2.44. The molecule has 0 fully saturated rings. The van der Waals surface area contributed by atoms with E-state index in [4.69, 9.17) is 27.4 Å². The fraction of sp³-hybridized carbons (Fsp3) is 0.415. The molecule has 6 rings (SSSR count). The molecular weight excluding hydrogens is 757 g/mol. The first-order valence-electron chi connectivity index (χ1n) is 18.6. The van der Waals surface area contributed by atoms with E-state index in [2.05, 4.69) is 57.0 Å². The van der Waals surface area contributed by atoms with Crippen molar-refractivity contribution in [1.82, 2.24) is 38.9 Å². The summed E-state index contributed by atoms with van der Waals surface area (Å²) in [5, 5.41) is 0. The summed E-state index contributed by atoms with van der Waals surface area (Å²) in [6.45, 7) is 17.5. The smallest absolute Gasteiger partial charge is 0.417 e. The number of nitrogens with two attached hydrogens (primary N) is 2. The van der Waals surface area contributed by atoms with E-state index in [0.29, 0.717) is 57.9 Å². The van der Waals surface area contributed by atoms with Crippen LogP contribution in [0.5, 0.6) is 0 Å². The number of carbonyl (C=O) groups excluding carboxylic acids is 4. The second-order valence-corrected chi connectivity index (χ2v) is 21.6. The van der Waals surface area contributed by atoms with Crippen LogP contribution in [-0.2, 0) is 36.4 Å². The minimum Gasteiger partial charge on any atom is -0.443 e. The molecule has 0 aliphatic carbocycles. The fourth-order valence-electron chi connectivity index (χ4n) is 6.26. The summed E-state index contributed by atoms with van der Waals surface area (Å²) in [5.41, 5.74) is 19.6. The lowest BCUT2D eigenvalue weighted by molar-refractivity contribution is 0.0215. The van der Waals surface area contributed by atoms with Crippen molar-refractivity contribution in [2.75, 3.05) is 24.6 Å². The quantitative estimate of drug-likeness (QED) is 0.198. The van der Waals surface area contributed by atoms with Crippen molar-refractivity contribution >= 4 is 44.0 Å². The number of rotatable bonds is 2. The lowest BCUT2D eigenvalue weighted by Gasteiger charge is -2.28. The summed E-state index contributed by atoms with van der Waals surface area (Å²) in [4.78, 5) is 69.7. The van der Waals surface area contributed by atoms with Crippen LogP contribution in [-0.4, -0.2) is 95.2 Å². The van der Waals surface area contributed by atoms with E-state index in [1.165, 1.54) is 6.20 Å².